The summed E-state index contributed by atoms with van der Waals surface area (Å²) in [6.45, 7) is 4.35. The third-order valence-corrected chi connectivity index (χ3v) is 3.06. The third-order valence-electron chi connectivity index (χ3n) is 3.06. The van der Waals surface area contributed by atoms with Crippen molar-refractivity contribution in [1.29, 1.82) is 0 Å². The molecule has 3 heterocycles. The van der Waals surface area contributed by atoms with Gasteiger partial charge < -0.3 is 0 Å². The van der Waals surface area contributed by atoms with E-state index in [1.807, 2.05) is 16.9 Å². The number of aromatic nitrogens is 4. The molecular weight excluding hydrogens is 224 g/mol. The number of fused-ring (bicyclic) bond motifs is 1. The average molecular weight is 238 g/mol. The fraction of sp³-hybridized carbons (Fsp3) is 0.214. The van der Waals surface area contributed by atoms with E-state index in [-0.39, 0.29) is 0 Å². The highest BCUT2D eigenvalue weighted by Crippen LogP contribution is 2.23. The van der Waals surface area contributed by atoms with Crippen molar-refractivity contribution >= 4 is 5.52 Å². The molecule has 0 aliphatic carbocycles. The molecule has 0 aliphatic rings. The summed E-state index contributed by atoms with van der Waals surface area (Å²) < 4.78 is 1.91. The van der Waals surface area contributed by atoms with Crippen molar-refractivity contribution in [1.82, 2.24) is 19.6 Å². The number of rotatable bonds is 2. The summed E-state index contributed by atoms with van der Waals surface area (Å²) in [6, 6.07) is 4.19. The molecular formula is C14H14N4. The van der Waals surface area contributed by atoms with Gasteiger partial charge in [-0.25, -0.2) is 14.5 Å². The Morgan fingerprint density at radius 2 is 1.78 bits per heavy atom. The Labute approximate surface area is 105 Å². The summed E-state index contributed by atoms with van der Waals surface area (Å²) >= 11 is 0. The predicted octanol–water partition coefficient (Wildman–Crippen LogP) is 2.91. The molecule has 4 nitrogen and oxygen atoms in total. The minimum absolute atomic E-state index is 0.480. The van der Waals surface area contributed by atoms with E-state index >= 15 is 0 Å². The van der Waals surface area contributed by atoms with E-state index in [0.29, 0.717) is 5.92 Å². The van der Waals surface area contributed by atoms with E-state index in [0.717, 1.165) is 16.6 Å². The second-order valence-corrected chi connectivity index (χ2v) is 4.63. The van der Waals surface area contributed by atoms with Crippen LogP contribution in [0.3, 0.4) is 0 Å². The van der Waals surface area contributed by atoms with E-state index < -0.39 is 0 Å². The van der Waals surface area contributed by atoms with Gasteiger partial charge in [0.05, 0.1) is 11.7 Å². The Morgan fingerprint density at radius 1 is 1.00 bits per heavy atom. The summed E-state index contributed by atoms with van der Waals surface area (Å²) in [5, 5.41) is 4.40. The third kappa shape index (κ3) is 1.76. The molecule has 3 aromatic rings. The highest BCUT2D eigenvalue weighted by Gasteiger charge is 2.08. The van der Waals surface area contributed by atoms with Gasteiger partial charge in [0, 0.05) is 35.3 Å². The van der Waals surface area contributed by atoms with Crippen molar-refractivity contribution in [3.8, 4) is 11.1 Å². The highest BCUT2D eigenvalue weighted by atomic mass is 15.2. The van der Waals surface area contributed by atoms with Crippen molar-refractivity contribution < 1.29 is 0 Å². The maximum absolute atomic E-state index is 4.40. The van der Waals surface area contributed by atoms with Crippen molar-refractivity contribution in [2.75, 3.05) is 0 Å². The van der Waals surface area contributed by atoms with Gasteiger partial charge in [-0.2, -0.15) is 5.10 Å². The van der Waals surface area contributed by atoms with Crippen LogP contribution in [0.1, 0.15) is 25.3 Å². The topological polar surface area (TPSA) is 43.1 Å². The van der Waals surface area contributed by atoms with Gasteiger partial charge in [0.1, 0.15) is 6.33 Å². The first-order valence-corrected chi connectivity index (χ1v) is 5.98. The van der Waals surface area contributed by atoms with Crippen LogP contribution in [0.4, 0.5) is 0 Å². The lowest BCUT2D eigenvalue weighted by atomic mass is 10.0. The molecule has 0 atom stereocenters. The van der Waals surface area contributed by atoms with Crippen molar-refractivity contribution in [2.45, 2.75) is 19.8 Å². The van der Waals surface area contributed by atoms with E-state index in [9.17, 15) is 0 Å². The smallest absolute Gasteiger partial charge is 0.115 e. The van der Waals surface area contributed by atoms with Gasteiger partial charge in [-0.3, -0.25) is 0 Å². The van der Waals surface area contributed by atoms with Crippen LogP contribution in [0, 0.1) is 0 Å². The van der Waals surface area contributed by atoms with E-state index in [2.05, 4.69) is 41.0 Å². The van der Waals surface area contributed by atoms with Crippen LogP contribution in [0.2, 0.25) is 0 Å². The van der Waals surface area contributed by atoms with Crippen molar-refractivity contribution in [3.63, 3.8) is 0 Å². The minimum Gasteiger partial charge on any atom is -0.244 e. The number of nitrogens with zero attached hydrogens (tertiary/aromatic N) is 4. The second-order valence-electron chi connectivity index (χ2n) is 4.63. The molecule has 18 heavy (non-hydrogen) atoms. The largest absolute Gasteiger partial charge is 0.244 e. The molecule has 0 aromatic carbocycles. The van der Waals surface area contributed by atoms with Crippen LogP contribution in [0.15, 0.2) is 43.2 Å². The monoisotopic (exact) mass is 238 g/mol. The zero-order chi connectivity index (χ0) is 12.5. The SMILES string of the molecule is CC(C)c1cnn2cc(-c3cncnc3)ccc12. The van der Waals surface area contributed by atoms with Crippen LogP contribution in [-0.2, 0) is 0 Å². The zero-order valence-corrected chi connectivity index (χ0v) is 10.4. The molecule has 0 amide bonds. The van der Waals surface area contributed by atoms with Gasteiger partial charge in [-0.05, 0) is 12.0 Å². The molecule has 4 heteroatoms. The first kappa shape index (κ1) is 10.9. The molecule has 0 saturated heterocycles. The Bertz CT molecular complexity index is 671. The molecule has 0 aliphatic heterocycles. The molecule has 0 fully saturated rings. The molecule has 0 radical (unpaired) electrons. The lowest BCUT2D eigenvalue weighted by molar-refractivity contribution is 0.875. The maximum atomic E-state index is 4.40. The summed E-state index contributed by atoms with van der Waals surface area (Å²) in [6.07, 6.45) is 9.10. The summed E-state index contributed by atoms with van der Waals surface area (Å²) in [4.78, 5) is 8.07. The number of hydrogen-bond donors (Lipinski definition) is 0. The summed E-state index contributed by atoms with van der Waals surface area (Å²) in [7, 11) is 0. The maximum Gasteiger partial charge on any atom is 0.115 e. The minimum atomic E-state index is 0.480. The normalized spacial score (nSPS) is 11.3. The van der Waals surface area contributed by atoms with Crippen LogP contribution in [0.25, 0.3) is 16.6 Å². The van der Waals surface area contributed by atoms with E-state index in [4.69, 9.17) is 0 Å². The fourth-order valence-corrected chi connectivity index (χ4v) is 2.07. The Hall–Kier alpha value is -2.23. The van der Waals surface area contributed by atoms with E-state index in [1.54, 1.807) is 12.4 Å². The first-order valence-electron chi connectivity index (χ1n) is 5.98. The lowest BCUT2D eigenvalue weighted by Gasteiger charge is -2.04. The van der Waals surface area contributed by atoms with E-state index in [1.165, 1.54) is 11.9 Å². The van der Waals surface area contributed by atoms with Gasteiger partial charge in [0.2, 0.25) is 0 Å². The van der Waals surface area contributed by atoms with Gasteiger partial charge in [0.15, 0.2) is 0 Å². The molecule has 90 valence electrons. The number of pyridine rings is 1. The van der Waals surface area contributed by atoms with Gasteiger partial charge in [-0.15, -0.1) is 0 Å². The average Bonchev–Trinajstić information content (AvgIpc) is 2.82. The summed E-state index contributed by atoms with van der Waals surface area (Å²) in [5.41, 5.74) is 4.50. The molecule has 3 rings (SSSR count). The Kier molecular flexibility index (Phi) is 2.55. The molecule has 0 N–H and O–H groups in total. The molecule has 0 saturated carbocycles. The van der Waals surface area contributed by atoms with Gasteiger partial charge in [0.25, 0.3) is 0 Å². The fourth-order valence-electron chi connectivity index (χ4n) is 2.07. The number of hydrogen-bond acceptors (Lipinski definition) is 3. The molecule has 0 spiro atoms. The standard InChI is InChI=1S/C14H14N4/c1-10(2)13-7-17-18-8-11(3-4-14(13)18)12-5-15-9-16-6-12/h3-10H,1-2H3. The zero-order valence-electron chi connectivity index (χ0n) is 10.4. The van der Waals surface area contributed by atoms with Gasteiger partial charge in [-0.1, -0.05) is 19.9 Å². The van der Waals surface area contributed by atoms with Crippen molar-refractivity contribution in [3.05, 3.63) is 48.8 Å². The lowest BCUT2D eigenvalue weighted by Crippen LogP contribution is -1.91. The predicted molar refractivity (Wildman–Crippen MR) is 70.3 cm³/mol. The van der Waals surface area contributed by atoms with Crippen LogP contribution >= 0.6 is 0 Å². The van der Waals surface area contributed by atoms with Crippen LogP contribution in [-0.4, -0.2) is 19.6 Å². The second kappa shape index (κ2) is 4.22. The first-order chi connectivity index (χ1) is 8.75. The molecule has 3 aromatic heterocycles. The van der Waals surface area contributed by atoms with Gasteiger partial charge >= 0.3 is 0 Å². The van der Waals surface area contributed by atoms with Crippen LogP contribution in [0.5, 0.6) is 0 Å². The molecule has 0 unspecified atom stereocenters. The quantitative estimate of drug-likeness (QED) is 0.689. The Morgan fingerprint density at radius 3 is 2.50 bits per heavy atom. The van der Waals surface area contributed by atoms with Crippen LogP contribution < -0.4 is 0 Å². The molecule has 0 bridgehead atoms. The summed E-state index contributed by atoms with van der Waals surface area (Å²) in [5.74, 6) is 0.480. The Balaban J connectivity index is 2.13. The highest BCUT2D eigenvalue weighted by molar-refractivity contribution is 5.65. The van der Waals surface area contributed by atoms with Crippen molar-refractivity contribution in [2.24, 2.45) is 0 Å².